The van der Waals surface area contributed by atoms with Crippen LogP contribution >= 0.6 is 11.8 Å². The summed E-state index contributed by atoms with van der Waals surface area (Å²) in [5.41, 5.74) is 0.772. The highest BCUT2D eigenvalue weighted by atomic mass is 32.2. The Morgan fingerprint density at radius 2 is 1.85 bits per heavy atom. The lowest BCUT2D eigenvalue weighted by Crippen LogP contribution is -2.18. The van der Waals surface area contributed by atoms with Crippen molar-refractivity contribution in [3.05, 3.63) is 87.6 Å². The average molecular weight is 483 g/mol. The fourth-order valence-corrected chi connectivity index (χ4v) is 4.28. The molecule has 8 nitrogen and oxygen atoms in total. The van der Waals surface area contributed by atoms with Gasteiger partial charge in [0.05, 0.1) is 25.3 Å². The van der Waals surface area contributed by atoms with Gasteiger partial charge in [0, 0.05) is 36.8 Å². The second-order valence-electron chi connectivity index (χ2n) is 7.34. The minimum absolute atomic E-state index is 0.0856. The van der Waals surface area contributed by atoms with Crippen LogP contribution in [0, 0.1) is 5.21 Å². The summed E-state index contributed by atoms with van der Waals surface area (Å²) in [6, 6.07) is 17.3. The minimum Gasteiger partial charge on any atom is -0.618 e. The van der Waals surface area contributed by atoms with Gasteiger partial charge < -0.3 is 24.0 Å². The zero-order chi connectivity index (χ0) is 24.7. The fourth-order valence-electron chi connectivity index (χ4n) is 3.18. The molecule has 2 aromatic carbocycles. The number of rotatable bonds is 9. The van der Waals surface area contributed by atoms with Crippen LogP contribution in [0.4, 0.5) is 11.4 Å². The number of nitrogens with zero attached hydrogens (tertiary/aromatic N) is 2. The van der Waals surface area contributed by atoms with Crippen molar-refractivity contribution in [2.45, 2.75) is 17.1 Å². The first-order chi connectivity index (χ1) is 16.3. The number of carbonyl (C=O) groups excluding carboxylic acids is 1. The Labute approximate surface area is 202 Å². The van der Waals surface area contributed by atoms with E-state index in [1.165, 1.54) is 18.9 Å². The molecule has 0 spiro atoms. The van der Waals surface area contributed by atoms with Crippen LogP contribution in [0.1, 0.15) is 23.5 Å². The van der Waals surface area contributed by atoms with Gasteiger partial charge >= 0.3 is 11.6 Å². The number of hydrogen-bond acceptors (Lipinski definition) is 8. The molecule has 34 heavy (non-hydrogen) atoms. The molecule has 9 heteroatoms. The van der Waals surface area contributed by atoms with Gasteiger partial charge in [0.1, 0.15) is 11.0 Å². The Bertz CT molecular complexity index is 1210. The van der Waals surface area contributed by atoms with Crippen LogP contribution < -0.4 is 15.3 Å². The van der Waals surface area contributed by atoms with Crippen LogP contribution in [-0.2, 0) is 9.53 Å². The van der Waals surface area contributed by atoms with E-state index < -0.39 is 16.8 Å². The molecule has 178 valence electrons. The zero-order valence-electron chi connectivity index (χ0n) is 19.4. The van der Waals surface area contributed by atoms with Gasteiger partial charge in [-0.15, -0.1) is 11.8 Å². The summed E-state index contributed by atoms with van der Waals surface area (Å²) in [6.07, 6.45) is 1.13. The van der Waals surface area contributed by atoms with Crippen LogP contribution in [0.2, 0.25) is 0 Å². The maximum Gasteiger partial charge on any atom is 0.340 e. The smallest absolute Gasteiger partial charge is 0.340 e. The second-order valence-corrected chi connectivity index (χ2v) is 8.52. The van der Waals surface area contributed by atoms with E-state index in [0.717, 1.165) is 22.9 Å². The Kier molecular flexibility index (Phi) is 8.37. The first-order valence-corrected chi connectivity index (χ1v) is 11.4. The Morgan fingerprint density at radius 1 is 1.18 bits per heavy atom. The maximum atomic E-state index is 13.0. The normalized spacial score (nSPS) is 12.2. The lowest BCUT2D eigenvalue weighted by molar-refractivity contribution is -0.355. The minimum atomic E-state index is -0.947. The predicted molar refractivity (Wildman–Crippen MR) is 132 cm³/mol. The molecule has 1 unspecified atom stereocenters. The number of benzene rings is 2. The first-order valence-electron chi connectivity index (χ1n) is 10.5. The number of anilines is 1. The van der Waals surface area contributed by atoms with E-state index in [-0.39, 0.29) is 23.7 Å². The molecule has 0 saturated carbocycles. The van der Waals surface area contributed by atoms with Crippen LogP contribution in [0.5, 0.6) is 5.75 Å². The summed E-state index contributed by atoms with van der Waals surface area (Å²) in [6.45, 7) is 1.86. The number of hydrogen-bond donors (Lipinski definition) is 0. The van der Waals surface area contributed by atoms with E-state index >= 15 is 0 Å². The van der Waals surface area contributed by atoms with Crippen LogP contribution in [0.15, 0.2) is 74.8 Å². The highest BCUT2D eigenvalue weighted by Crippen LogP contribution is 2.41. The molecule has 0 N–H and O–H groups in total. The lowest BCUT2D eigenvalue weighted by Gasteiger charge is -2.19. The van der Waals surface area contributed by atoms with E-state index in [0.29, 0.717) is 10.4 Å². The van der Waals surface area contributed by atoms with Crippen molar-refractivity contribution in [3.63, 3.8) is 0 Å². The first kappa shape index (κ1) is 24.9. The van der Waals surface area contributed by atoms with Crippen molar-refractivity contribution in [1.82, 2.24) is 0 Å². The van der Waals surface area contributed by atoms with Crippen molar-refractivity contribution < 1.29 is 23.4 Å². The Morgan fingerprint density at radius 3 is 2.44 bits per heavy atom. The lowest BCUT2D eigenvalue weighted by atomic mass is 10.1. The molecule has 0 fully saturated rings. The van der Waals surface area contributed by atoms with Gasteiger partial charge in [-0.2, -0.15) is 4.74 Å². The molecule has 0 aliphatic rings. The number of ether oxygens (including phenoxy) is 2. The van der Waals surface area contributed by atoms with E-state index in [1.807, 2.05) is 49.3 Å². The van der Waals surface area contributed by atoms with Gasteiger partial charge in [-0.05, 0) is 31.2 Å². The van der Waals surface area contributed by atoms with Crippen LogP contribution in [-0.4, -0.2) is 44.7 Å². The second kappa shape index (κ2) is 11.4. The van der Waals surface area contributed by atoms with Crippen molar-refractivity contribution in [2.75, 3.05) is 32.7 Å². The zero-order valence-corrected chi connectivity index (χ0v) is 20.2. The quantitative estimate of drug-likeness (QED) is 0.111. The number of methoxy groups -OCH3 is 1. The standard InChI is InChI=1S/C25H26N2O6S/c1-5-32-25(29)24(34-19-9-7-6-8-10-19)23-20(31-4)15-22(28)33-21(23)16-27(30)18-13-11-17(12-14-18)26(2)3/h6-16,24H,5H2,1-4H3/b27-16+. The Balaban J connectivity index is 2.13. The molecule has 0 saturated heterocycles. The summed E-state index contributed by atoms with van der Waals surface area (Å²) >= 11 is 1.20. The molecular weight excluding hydrogens is 456 g/mol. The molecule has 0 bridgehead atoms. The molecule has 3 rings (SSSR count). The molecule has 3 aromatic rings. The average Bonchev–Trinajstić information content (AvgIpc) is 2.83. The molecule has 1 atom stereocenters. The topological polar surface area (TPSA) is 95.1 Å². The SMILES string of the molecule is CCOC(=O)C(Sc1ccccc1)c1c(OC)cc(=O)oc1/C=[N+](/[O-])c1ccc(N(C)C)cc1. The largest absolute Gasteiger partial charge is 0.618 e. The number of thioether (sulfide) groups is 1. The molecule has 0 aliphatic heterocycles. The van der Waals surface area contributed by atoms with Crippen molar-refractivity contribution in [1.29, 1.82) is 0 Å². The van der Waals surface area contributed by atoms with E-state index in [1.54, 1.807) is 31.2 Å². The van der Waals surface area contributed by atoms with Crippen molar-refractivity contribution in [2.24, 2.45) is 0 Å². The van der Waals surface area contributed by atoms with E-state index in [2.05, 4.69) is 0 Å². The van der Waals surface area contributed by atoms with Gasteiger partial charge in [-0.25, -0.2) is 4.79 Å². The van der Waals surface area contributed by atoms with E-state index in [9.17, 15) is 14.8 Å². The summed E-state index contributed by atoms with van der Waals surface area (Å²) in [7, 11) is 5.17. The third kappa shape index (κ3) is 5.99. The molecule has 0 amide bonds. The predicted octanol–water partition coefficient (Wildman–Crippen LogP) is 4.37. The molecule has 1 aromatic heterocycles. The highest BCUT2D eigenvalue weighted by Gasteiger charge is 2.32. The summed E-state index contributed by atoms with van der Waals surface area (Å²) in [5, 5.41) is 12.0. The number of carbonyl (C=O) groups is 1. The molecule has 0 radical (unpaired) electrons. The molecule has 1 heterocycles. The van der Waals surface area contributed by atoms with Crippen molar-refractivity contribution >= 4 is 35.3 Å². The van der Waals surface area contributed by atoms with Gasteiger partial charge in [-0.1, -0.05) is 18.2 Å². The monoisotopic (exact) mass is 482 g/mol. The third-order valence-electron chi connectivity index (χ3n) is 4.83. The van der Waals surface area contributed by atoms with Gasteiger partial charge in [0.2, 0.25) is 17.7 Å². The van der Waals surface area contributed by atoms with Gasteiger partial charge in [-0.3, -0.25) is 4.79 Å². The van der Waals surface area contributed by atoms with Crippen LogP contribution in [0.3, 0.4) is 0 Å². The fraction of sp³-hybridized carbons (Fsp3) is 0.240. The van der Waals surface area contributed by atoms with E-state index in [4.69, 9.17) is 13.9 Å². The molecule has 0 aliphatic carbocycles. The van der Waals surface area contributed by atoms with Crippen molar-refractivity contribution in [3.8, 4) is 5.75 Å². The number of esters is 1. The third-order valence-corrected chi connectivity index (χ3v) is 6.03. The summed E-state index contributed by atoms with van der Waals surface area (Å²) in [5.74, 6) is -0.510. The molecular formula is C25H26N2O6S. The van der Waals surface area contributed by atoms with Gasteiger partial charge in [0.25, 0.3) is 0 Å². The maximum absolute atomic E-state index is 13.0. The van der Waals surface area contributed by atoms with Gasteiger partial charge in [0.15, 0.2) is 0 Å². The summed E-state index contributed by atoms with van der Waals surface area (Å²) in [4.78, 5) is 27.9. The summed E-state index contributed by atoms with van der Waals surface area (Å²) < 4.78 is 16.7. The van der Waals surface area contributed by atoms with Crippen LogP contribution in [0.25, 0.3) is 0 Å². The highest BCUT2D eigenvalue weighted by molar-refractivity contribution is 8.00. The Hall–Kier alpha value is -3.72.